The minimum atomic E-state index is -1.26. The van der Waals surface area contributed by atoms with Crippen molar-refractivity contribution in [2.45, 2.75) is 31.4 Å². The van der Waals surface area contributed by atoms with Crippen LogP contribution in [0.2, 0.25) is 0 Å². The fourth-order valence-corrected chi connectivity index (χ4v) is 2.40. The standard InChI is InChI=1S/C12H18N2O5/c1-12(6-19-12)9(15)8(13-11(17)18)5-7-3-4-14(2)10(7)16/h7-8,13H,3-6H2,1-2H3,(H,17,18)/t7-,8+,12-/m1/s1. The summed E-state index contributed by atoms with van der Waals surface area (Å²) in [6.45, 7) is 2.59. The van der Waals surface area contributed by atoms with Crippen LogP contribution in [-0.2, 0) is 14.3 Å². The third kappa shape index (κ3) is 2.86. The largest absolute Gasteiger partial charge is 0.465 e. The highest BCUT2D eigenvalue weighted by atomic mass is 16.6. The van der Waals surface area contributed by atoms with Gasteiger partial charge in [-0.2, -0.15) is 0 Å². The van der Waals surface area contributed by atoms with Gasteiger partial charge >= 0.3 is 6.09 Å². The SMILES string of the molecule is CN1CC[C@H](C[C@H](NC(=O)O)C(=O)[C@@]2(C)CO2)C1=O. The van der Waals surface area contributed by atoms with Crippen LogP contribution < -0.4 is 5.32 Å². The summed E-state index contributed by atoms with van der Waals surface area (Å²) < 4.78 is 5.05. The Morgan fingerprint density at radius 1 is 1.63 bits per heavy atom. The van der Waals surface area contributed by atoms with Crippen molar-refractivity contribution >= 4 is 17.8 Å². The summed E-state index contributed by atoms with van der Waals surface area (Å²) in [6.07, 6.45) is -0.410. The number of Topliss-reactive ketones (excluding diaryl/α,β-unsaturated/α-hetero) is 1. The fourth-order valence-electron chi connectivity index (χ4n) is 2.40. The zero-order valence-corrected chi connectivity index (χ0v) is 11.0. The van der Waals surface area contributed by atoms with Gasteiger partial charge in [0.1, 0.15) is 5.60 Å². The molecule has 7 heteroatoms. The van der Waals surface area contributed by atoms with Crippen molar-refractivity contribution in [3.8, 4) is 0 Å². The summed E-state index contributed by atoms with van der Waals surface area (Å²) in [4.78, 5) is 36.4. The quantitative estimate of drug-likeness (QED) is 0.677. The molecule has 2 heterocycles. The number of carboxylic acid groups (broad SMARTS) is 1. The van der Waals surface area contributed by atoms with Gasteiger partial charge < -0.3 is 20.1 Å². The molecule has 2 fully saturated rings. The third-order valence-corrected chi connectivity index (χ3v) is 3.77. The number of carbonyl (C=O) groups is 3. The minimum Gasteiger partial charge on any atom is -0.465 e. The second kappa shape index (κ2) is 4.80. The lowest BCUT2D eigenvalue weighted by atomic mass is 9.91. The highest BCUT2D eigenvalue weighted by Gasteiger charge is 2.51. The van der Waals surface area contributed by atoms with Gasteiger partial charge in [0.05, 0.1) is 12.6 Å². The number of hydrogen-bond donors (Lipinski definition) is 2. The lowest BCUT2D eigenvalue weighted by Gasteiger charge is -2.20. The molecular formula is C12H18N2O5. The Morgan fingerprint density at radius 2 is 2.26 bits per heavy atom. The van der Waals surface area contributed by atoms with Crippen LogP contribution in [0.25, 0.3) is 0 Å². The van der Waals surface area contributed by atoms with Gasteiger partial charge in [0.25, 0.3) is 0 Å². The lowest BCUT2D eigenvalue weighted by molar-refractivity contribution is -0.131. The molecule has 19 heavy (non-hydrogen) atoms. The summed E-state index contributed by atoms with van der Waals surface area (Å²) in [5.74, 6) is -0.628. The Bertz CT molecular complexity index is 418. The normalized spacial score (nSPS) is 31.2. The first-order valence-electron chi connectivity index (χ1n) is 6.26. The number of hydrogen-bond acceptors (Lipinski definition) is 4. The molecule has 0 saturated carbocycles. The topological polar surface area (TPSA) is 99.2 Å². The summed E-state index contributed by atoms with van der Waals surface area (Å²) in [5, 5.41) is 11.0. The van der Waals surface area contributed by atoms with E-state index < -0.39 is 17.7 Å². The Kier molecular flexibility index (Phi) is 3.49. The average molecular weight is 270 g/mol. The second-order valence-corrected chi connectivity index (χ2v) is 5.37. The van der Waals surface area contributed by atoms with Gasteiger partial charge in [0.2, 0.25) is 5.91 Å². The van der Waals surface area contributed by atoms with Gasteiger partial charge in [0.15, 0.2) is 5.78 Å². The lowest BCUT2D eigenvalue weighted by Crippen LogP contribution is -2.47. The van der Waals surface area contributed by atoms with Crippen LogP contribution in [0, 0.1) is 5.92 Å². The highest BCUT2D eigenvalue weighted by molar-refractivity contribution is 5.96. The maximum atomic E-state index is 12.2. The van der Waals surface area contributed by atoms with Crippen molar-refractivity contribution < 1.29 is 24.2 Å². The number of amides is 2. The van der Waals surface area contributed by atoms with E-state index in [4.69, 9.17) is 9.84 Å². The van der Waals surface area contributed by atoms with Crippen LogP contribution in [0.4, 0.5) is 4.79 Å². The van der Waals surface area contributed by atoms with Crippen LogP contribution in [0.3, 0.4) is 0 Å². The second-order valence-electron chi connectivity index (χ2n) is 5.37. The van der Waals surface area contributed by atoms with Gasteiger partial charge in [-0.05, 0) is 19.8 Å². The number of ketones is 1. The van der Waals surface area contributed by atoms with E-state index in [1.165, 1.54) is 0 Å². The molecule has 2 N–H and O–H groups in total. The molecule has 0 aliphatic carbocycles. The number of rotatable bonds is 5. The zero-order chi connectivity index (χ0) is 14.2. The van der Waals surface area contributed by atoms with Crippen molar-refractivity contribution in [3.63, 3.8) is 0 Å². The van der Waals surface area contributed by atoms with Gasteiger partial charge in [0, 0.05) is 19.5 Å². The molecule has 0 aromatic heterocycles. The van der Waals surface area contributed by atoms with Crippen molar-refractivity contribution in [2.24, 2.45) is 5.92 Å². The van der Waals surface area contributed by atoms with Gasteiger partial charge in [-0.25, -0.2) is 4.79 Å². The van der Waals surface area contributed by atoms with Crippen LogP contribution >= 0.6 is 0 Å². The molecule has 0 aromatic carbocycles. The predicted octanol–water partition coefficient (Wildman–Crippen LogP) is -0.151. The maximum Gasteiger partial charge on any atom is 0.405 e. The smallest absolute Gasteiger partial charge is 0.405 e. The fraction of sp³-hybridized carbons (Fsp3) is 0.750. The summed E-state index contributed by atoms with van der Waals surface area (Å²) in [6, 6.07) is -0.884. The van der Waals surface area contributed by atoms with E-state index in [1.54, 1.807) is 18.9 Å². The van der Waals surface area contributed by atoms with Gasteiger partial charge in [-0.3, -0.25) is 9.59 Å². The van der Waals surface area contributed by atoms with E-state index >= 15 is 0 Å². The van der Waals surface area contributed by atoms with Gasteiger partial charge in [-0.15, -0.1) is 0 Å². The van der Waals surface area contributed by atoms with Crippen LogP contribution in [0.5, 0.6) is 0 Å². The summed E-state index contributed by atoms with van der Waals surface area (Å²) >= 11 is 0. The van der Waals surface area contributed by atoms with Crippen LogP contribution in [-0.4, -0.2) is 59.6 Å². The first kappa shape index (κ1) is 13.8. The monoisotopic (exact) mass is 270 g/mol. The Balaban J connectivity index is 2.04. The molecular weight excluding hydrogens is 252 g/mol. The number of nitrogens with zero attached hydrogens (tertiary/aromatic N) is 1. The number of carbonyl (C=O) groups excluding carboxylic acids is 2. The molecule has 0 radical (unpaired) electrons. The molecule has 2 aliphatic heterocycles. The van der Waals surface area contributed by atoms with E-state index in [0.717, 1.165) is 0 Å². The maximum absolute atomic E-state index is 12.2. The number of ether oxygens (including phenoxy) is 1. The Hall–Kier alpha value is -1.63. The summed E-state index contributed by atoms with van der Waals surface area (Å²) in [5.41, 5.74) is -0.888. The average Bonchev–Trinajstić information content (AvgIpc) is 3.02. The highest BCUT2D eigenvalue weighted by Crippen LogP contribution is 2.31. The molecule has 0 aromatic rings. The molecule has 2 aliphatic rings. The minimum absolute atomic E-state index is 0.0353. The number of likely N-dealkylation sites (tertiary alicyclic amines) is 1. The molecule has 106 valence electrons. The van der Waals surface area contributed by atoms with Crippen molar-refractivity contribution in [2.75, 3.05) is 20.2 Å². The molecule has 2 amide bonds. The Labute approximate surface area is 110 Å². The molecule has 0 bridgehead atoms. The molecule has 3 atom stereocenters. The third-order valence-electron chi connectivity index (χ3n) is 3.77. The summed E-state index contributed by atoms with van der Waals surface area (Å²) in [7, 11) is 1.70. The predicted molar refractivity (Wildman–Crippen MR) is 64.7 cm³/mol. The Morgan fingerprint density at radius 3 is 2.68 bits per heavy atom. The van der Waals surface area contributed by atoms with E-state index in [2.05, 4.69) is 5.32 Å². The molecule has 2 rings (SSSR count). The van der Waals surface area contributed by atoms with Crippen LogP contribution in [0.1, 0.15) is 19.8 Å². The van der Waals surface area contributed by atoms with Crippen LogP contribution in [0.15, 0.2) is 0 Å². The van der Waals surface area contributed by atoms with E-state index in [-0.39, 0.29) is 24.0 Å². The molecule has 2 saturated heterocycles. The molecule has 7 nitrogen and oxygen atoms in total. The van der Waals surface area contributed by atoms with Gasteiger partial charge in [-0.1, -0.05) is 0 Å². The van der Waals surface area contributed by atoms with Crippen molar-refractivity contribution in [3.05, 3.63) is 0 Å². The van der Waals surface area contributed by atoms with Crippen molar-refractivity contribution in [1.82, 2.24) is 10.2 Å². The molecule has 0 spiro atoms. The van der Waals surface area contributed by atoms with E-state index in [0.29, 0.717) is 19.6 Å². The zero-order valence-electron chi connectivity index (χ0n) is 11.0. The molecule has 0 unspecified atom stereocenters. The van der Waals surface area contributed by atoms with Crippen molar-refractivity contribution in [1.29, 1.82) is 0 Å². The number of nitrogens with one attached hydrogen (secondary N) is 1. The van der Waals surface area contributed by atoms with E-state index in [9.17, 15) is 14.4 Å². The number of epoxide rings is 1. The first-order chi connectivity index (χ1) is 8.83. The first-order valence-corrected chi connectivity index (χ1v) is 6.26. The van der Waals surface area contributed by atoms with E-state index in [1.807, 2.05) is 0 Å².